The molecule has 0 aromatic heterocycles. The van der Waals surface area contributed by atoms with Crippen LogP contribution in [0.5, 0.6) is 0 Å². The molecule has 0 spiro atoms. The number of nitrogens with two attached hydrogens (primary N) is 1. The van der Waals surface area contributed by atoms with E-state index < -0.39 is 0 Å². The van der Waals surface area contributed by atoms with Crippen LogP contribution in [-0.2, 0) is 0 Å². The van der Waals surface area contributed by atoms with E-state index in [4.69, 9.17) is 5.73 Å². The number of hydrogen-bond donors (Lipinski definition) is 2. The first kappa shape index (κ1) is 15.3. The van der Waals surface area contributed by atoms with Crippen molar-refractivity contribution in [2.45, 2.75) is 70.4 Å². The predicted octanol–water partition coefficient (Wildman–Crippen LogP) is 2.38. The minimum atomic E-state index is 0.287. The number of aliphatic hydroxyl groups excluding tert-OH is 1. The number of rotatable bonds is 6. The zero-order valence-corrected chi connectivity index (χ0v) is 12.6. The Balaban J connectivity index is 1.90. The second-order valence-electron chi connectivity index (χ2n) is 6.67. The largest absolute Gasteiger partial charge is 0.395 e. The van der Waals surface area contributed by atoms with Crippen molar-refractivity contribution in [2.75, 3.05) is 19.7 Å². The molecule has 3 atom stereocenters. The molecule has 3 unspecified atom stereocenters. The fraction of sp³-hybridized carbons (Fsp3) is 1.00. The van der Waals surface area contributed by atoms with Crippen LogP contribution in [0.1, 0.15) is 58.3 Å². The molecule has 2 aliphatic rings. The van der Waals surface area contributed by atoms with Crippen molar-refractivity contribution in [1.29, 1.82) is 0 Å². The molecule has 0 radical (unpaired) electrons. The molecule has 112 valence electrons. The molecule has 0 heterocycles. The highest BCUT2D eigenvalue weighted by Crippen LogP contribution is 2.32. The Kier molecular flexibility index (Phi) is 6.11. The Hall–Kier alpha value is -0.120. The average Bonchev–Trinajstić information content (AvgIpc) is 2.94. The molecule has 3 heteroatoms. The zero-order chi connectivity index (χ0) is 13.7. The van der Waals surface area contributed by atoms with Gasteiger partial charge in [-0.2, -0.15) is 0 Å². The summed E-state index contributed by atoms with van der Waals surface area (Å²) in [6.45, 7) is 4.55. The Morgan fingerprint density at radius 1 is 1.16 bits per heavy atom. The first-order valence-electron chi connectivity index (χ1n) is 8.35. The molecule has 2 saturated carbocycles. The van der Waals surface area contributed by atoms with E-state index in [1.807, 2.05) is 0 Å². The van der Waals surface area contributed by atoms with Gasteiger partial charge in [-0.3, -0.25) is 4.90 Å². The lowest BCUT2D eigenvalue weighted by molar-refractivity contribution is 0.101. The SMILES string of the molecule is CCC1CCC(N)C(CN(CCO)C2CCCC2)C1. The molecule has 19 heavy (non-hydrogen) atoms. The van der Waals surface area contributed by atoms with Crippen LogP contribution in [-0.4, -0.2) is 41.8 Å². The summed E-state index contributed by atoms with van der Waals surface area (Å²) in [4.78, 5) is 2.54. The summed E-state index contributed by atoms with van der Waals surface area (Å²) in [6.07, 6.45) is 10.5. The molecule has 0 aromatic carbocycles. The Morgan fingerprint density at radius 3 is 2.53 bits per heavy atom. The van der Waals surface area contributed by atoms with Crippen molar-refractivity contribution in [1.82, 2.24) is 4.90 Å². The van der Waals surface area contributed by atoms with Crippen molar-refractivity contribution in [3.05, 3.63) is 0 Å². The highest BCUT2D eigenvalue weighted by molar-refractivity contribution is 4.87. The highest BCUT2D eigenvalue weighted by Gasteiger charge is 2.31. The summed E-state index contributed by atoms with van der Waals surface area (Å²) in [7, 11) is 0. The van der Waals surface area contributed by atoms with E-state index in [1.165, 1.54) is 51.4 Å². The summed E-state index contributed by atoms with van der Waals surface area (Å²) in [6, 6.07) is 1.09. The molecule has 0 bridgehead atoms. The van der Waals surface area contributed by atoms with Crippen LogP contribution in [0, 0.1) is 11.8 Å². The second-order valence-corrected chi connectivity index (χ2v) is 6.67. The van der Waals surface area contributed by atoms with Gasteiger partial charge in [-0.1, -0.05) is 26.2 Å². The molecule has 2 fully saturated rings. The minimum absolute atomic E-state index is 0.287. The zero-order valence-electron chi connectivity index (χ0n) is 12.6. The monoisotopic (exact) mass is 268 g/mol. The van der Waals surface area contributed by atoms with Gasteiger partial charge in [0, 0.05) is 25.2 Å². The average molecular weight is 268 g/mol. The van der Waals surface area contributed by atoms with Crippen molar-refractivity contribution in [2.24, 2.45) is 17.6 Å². The highest BCUT2D eigenvalue weighted by atomic mass is 16.3. The lowest BCUT2D eigenvalue weighted by atomic mass is 9.77. The summed E-state index contributed by atoms with van der Waals surface area (Å²) in [5.41, 5.74) is 6.35. The lowest BCUT2D eigenvalue weighted by Crippen LogP contribution is -2.46. The molecule has 0 aromatic rings. The molecule has 0 saturated heterocycles. The van der Waals surface area contributed by atoms with Crippen LogP contribution >= 0.6 is 0 Å². The van der Waals surface area contributed by atoms with E-state index in [2.05, 4.69) is 11.8 Å². The summed E-state index contributed by atoms with van der Waals surface area (Å²) >= 11 is 0. The van der Waals surface area contributed by atoms with Crippen molar-refractivity contribution in [3.63, 3.8) is 0 Å². The van der Waals surface area contributed by atoms with Gasteiger partial charge < -0.3 is 10.8 Å². The third-order valence-corrected chi connectivity index (χ3v) is 5.42. The number of aliphatic hydroxyl groups is 1. The lowest BCUT2D eigenvalue weighted by Gasteiger charge is -2.39. The van der Waals surface area contributed by atoms with E-state index in [1.54, 1.807) is 0 Å². The van der Waals surface area contributed by atoms with Crippen LogP contribution in [0.25, 0.3) is 0 Å². The van der Waals surface area contributed by atoms with Crippen LogP contribution in [0.15, 0.2) is 0 Å². The van der Waals surface area contributed by atoms with Gasteiger partial charge in [0.25, 0.3) is 0 Å². The summed E-state index contributed by atoms with van der Waals surface area (Å²) < 4.78 is 0. The summed E-state index contributed by atoms with van der Waals surface area (Å²) in [5.74, 6) is 1.52. The standard InChI is InChI=1S/C16H32N2O/c1-2-13-7-8-16(17)14(11-13)12-18(9-10-19)15-5-3-4-6-15/h13-16,19H,2-12,17H2,1H3. The molecule has 2 rings (SSSR count). The van der Waals surface area contributed by atoms with Gasteiger partial charge in [-0.05, 0) is 43.9 Å². The van der Waals surface area contributed by atoms with E-state index in [0.29, 0.717) is 18.0 Å². The van der Waals surface area contributed by atoms with E-state index >= 15 is 0 Å². The summed E-state index contributed by atoms with van der Waals surface area (Å²) in [5, 5.41) is 9.32. The maximum Gasteiger partial charge on any atom is 0.0558 e. The number of nitrogens with zero attached hydrogens (tertiary/aromatic N) is 1. The maximum atomic E-state index is 9.32. The van der Waals surface area contributed by atoms with Crippen molar-refractivity contribution >= 4 is 0 Å². The van der Waals surface area contributed by atoms with Crippen LogP contribution in [0.2, 0.25) is 0 Å². The molecule has 3 nitrogen and oxygen atoms in total. The maximum absolute atomic E-state index is 9.32. The van der Waals surface area contributed by atoms with Gasteiger partial charge in [-0.25, -0.2) is 0 Å². The molecule has 0 amide bonds. The van der Waals surface area contributed by atoms with E-state index in [9.17, 15) is 5.11 Å². The van der Waals surface area contributed by atoms with Gasteiger partial charge in [0.15, 0.2) is 0 Å². The van der Waals surface area contributed by atoms with Crippen molar-refractivity contribution < 1.29 is 5.11 Å². The first-order chi connectivity index (χ1) is 9.24. The molecular weight excluding hydrogens is 236 g/mol. The normalized spacial score (nSPS) is 33.2. The van der Waals surface area contributed by atoms with Gasteiger partial charge in [0.1, 0.15) is 0 Å². The second kappa shape index (κ2) is 7.61. The van der Waals surface area contributed by atoms with Gasteiger partial charge in [0.05, 0.1) is 6.61 Å². The minimum Gasteiger partial charge on any atom is -0.395 e. The van der Waals surface area contributed by atoms with Crippen LogP contribution < -0.4 is 5.73 Å². The molecule has 2 aliphatic carbocycles. The fourth-order valence-corrected chi connectivity index (χ4v) is 4.09. The first-order valence-corrected chi connectivity index (χ1v) is 8.35. The van der Waals surface area contributed by atoms with Gasteiger partial charge in [-0.15, -0.1) is 0 Å². The molecule has 0 aliphatic heterocycles. The quantitative estimate of drug-likeness (QED) is 0.777. The van der Waals surface area contributed by atoms with Gasteiger partial charge >= 0.3 is 0 Å². The smallest absolute Gasteiger partial charge is 0.0558 e. The molecule has 3 N–H and O–H groups in total. The van der Waals surface area contributed by atoms with Crippen LogP contribution in [0.3, 0.4) is 0 Å². The van der Waals surface area contributed by atoms with Crippen LogP contribution in [0.4, 0.5) is 0 Å². The number of hydrogen-bond acceptors (Lipinski definition) is 3. The Bertz CT molecular complexity index is 253. The Morgan fingerprint density at radius 2 is 1.89 bits per heavy atom. The van der Waals surface area contributed by atoms with Gasteiger partial charge in [0.2, 0.25) is 0 Å². The fourth-order valence-electron chi connectivity index (χ4n) is 4.09. The predicted molar refractivity (Wildman–Crippen MR) is 80.0 cm³/mol. The van der Waals surface area contributed by atoms with E-state index in [-0.39, 0.29) is 6.61 Å². The molecular formula is C16H32N2O. The Labute approximate surface area is 118 Å². The third kappa shape index (κ3) is 4.17. The topological polar surface area (TPSA) is 49.5 Å². The van der Waals surface area contributed by atoms with E-state index in [0.717, 1.165) is 19.0 Å². The van der Waals surface area contributed by atoms with Crippen molar-refractivity contribution in [3.8, 4) is 0 Å². The third-order valence-electron chi connectivity index (χ3n) is 5.42.